The summed E-state index contributed by atoms with van der Waals surface area (Å²) in [6, 6.07) is 9.67. The molecule has 1 N–H and O–H groups in total. The standard InChI is InChI=1S/C24H25N3O3S/c1-14-21(28)16(13-27-10-8-26(3)9-11-27)12-17-22(29)20(15(2)30-23(14)17)24-25-18-6-4-5-7-19(18)31-24/h4-7,12,28H,8-11,13H2,1-3H3. The van der Waals surface area contributed by atoms with Crippen LogP contribution in [0, 0.1) is 13.8 Å². The fraction of sp³-hybridized carbons (Fsp3) is 0.333. The molecule has 0 aliphatic carbocycles. The first kappa shape index (κ1) is 20.2. The van der Waals surface area contributed by atoms with Gasteiger partial charge in [-0.2, -0.15) is 0 Å². The number of hydrogen-bond donors (Lipinski definition) is 1. The molecule has 0 saturated carbocycles. The van der Waals surface area contributed by atoms with Crippen LogP contribution in [-0.2, 0) is 6.54 Å². The SMILES string of the molecule is Cc1oc2c(C)c(O)c(CN3CCN(C)CC3)cc2c(=O)c1-c1nc2ccccc2s1. The Labute approximate surface area is 184 Å². The van der Waals surface area contributed by atoms with E-state index in [0.29, 0.717) is 39.4 Å². The van der Waals surface area contributed by atoms with Gasteiger partial charge in [-0.25, -0.2) is 4.98 Å². The molecule has 1 aliphatic heterocycles. The van der Waals surface area contributed by atoms with Crippen LogP contribution in [0.2, 0.25) is 0 Å². The molecule has 1 aliphatic rings. The van der Waals surface area contributed by atoms with Gasteiger partial charge in [0.05, 0.1) is 21.2 Å². The maximum absolute atomic E-state index is 13.6. The van der Waals surface area contributed by atoms with Crippen molar-refractivity contribution in [2.75, 3.05) is 33.2 Å². The minimum Gasteiger partial charge on any atom is -0.507 e. The van der Waals surface area contributed by atoms with E-state index in [0.717, 1.165) is 42.0 Å². The van der Waals surface area contributed by atoms with Crippen LogP contribution in [0.15, 0.2) is 39.5 Å². The van der Waals surface area contributed by atoms with E-state index in [-0.39, 0.29) is 11.2 Å². The van der Waals surface area contributed by atoms with E-state index in [1.54, 1.807) is 13.0 Å². The molecule has 7 heteroatoms. The van der Waals surface area contributed by atoms with Gasteiger partial charge in [0, 0.05) is 43.9 Å². The maximum atomic E-state index is 13.6. The Bertz CT molecular complexity index is 1320. The molecule has 6 nitrogen and oxygen atoms in total. The highest BCUT2D eigenvalue weighted by Crippen LogP contribution is 2.35. The minimum atomic E-state index is -0.0967. The van der Waals surface area contributed by atoms with Gasteiger partial charge in [-0.1, -0.05) is 12.1 Å². The number of fused-ring (bicyclic) bond motifs is 2. The smallest absolute Gasteiger partial charge is 0.203 e. The second-order valence-corrected chi connectivity index (χ2v) is 9.35. The first-order valence-electron chi connectivity index (χ1n) is 10.5. The van der Waals surface area contributed by atoms with Crippen LogP contribution in [-0.4, -0.2) is 53.1 Å². The van der Waals surface area contributed by atoms with Gasteiger partial charge in [-0.15, -0.1) is 11.3 Å². The third kappa shape index (κ3) is 3.52. The number of piperazine rings is 1. The van der Waals surface area contributed by atoms with Crippen molar-refractivity contribution in [1.29, 1.82) is 0 Å². The summed E-state index contributed by atoms with van der Waals surface area (Å²) in [5.74, 6) is 0.729. The van der Waals surface area contributed by atoms with Gasteiger partial charge >= 0.3 is 0 Å². The Kier molecular flexibility index (Phi) is 5.04. The summed E-state index contributed by atoms with van der Waals surface area (Å²) in [4.78, 5) is 22.9. The Balaban J connectivity index is 1.64. The molecular formula is C24H25N3O3S. The number of phenols is 1. The van der Waals surface area contributed by atoms with Crippen LogP contribution in [0.25, 0.3) is 31.8 Å². The van der Waals surface area contributed by atoms with Crippen LogP contribution >= 0.6 is 11.3 Å². The molecule has 160 valence electrons. The second-order valence-electron chi connectivity index (χ2n) is 8.31. The molecule has 2 aromatic carbocycles. The largest absolute Gasteiger partial charge is 0.507 e. The summed E-state index contributed by atoms with van der Waals surface area (Å²) >= 11 is 1.49. The number of likely N-dealkylation sites (N-methyl/N-ethyl adjacent to an activating group) is 1. The number of aromatic nitrogens is 1. The lowest BCUT2D eigenvalue weighted by Crippen LogP contribution is -2.43. The molecule has 31 heavy (non-hydrogen) atoms. The fourth-order valence-corrected chi connectivity index (χ4v) is 5.31. The first-order chi connectivity index (χ1) is 14.9. The summed E-state index contributed by atoms with van der Waals surface area (Å²) in [7, 11) is 2.12. The molecule has 0 amide bonds. The Hall–Kier alpha value is -2.74. The average Bonchev–Trinajstić information content (AvgIpc) is 3.18. The zero-order chi connectivity index (χ0) is 21.7. The Morgan fingerprint density at radius 2 is 1.90 bits per heavy atom. The van der Waals surface area contributed by atoms with E-state index in [2.05, 4.69) is 21.8 Å². The highest BCUT2D eigenvalue weighted by molar-refractivity contribution is 7.21. The van der Waals surface area contributed by atoms with Crippen molar-refractivity contribution in [3.05, 3.63) is 57.4 Å². The number of phenolic OH excluding ortho intramolecular Hbond substituents is 1. The number of rotatable bonds is 3. The molecule has 1 fully saturated rings. The van der Waals surface area contributed by atoms with Crippen molar-refractivity contribution in [1.82, 2.24) is 14.8 Å². The first-order valence-corrected chi connectivity index (χ1v) is 11.3. The normalized spacial score (nSPS) is 15.8. The summed E-state index contributed by atoms with van der Waals surface area (Å²) in [6.07, 6.45) is 0. The molecular weight excluding hydrogens is 410 g/mol. The number of aromatic hydroxyl groups is 1. The molecule has 5 rings (SSSR count). The van der Waals surface area contributed by atoms with Gasteiger partial charge in [-0.05, 0) is 39.1 Å². The number of thiazole rings is 1. The third-order valence-corrected chi connectivity index (χ3v) is 7.19. The summed E-state index contributed by atoms with van der Waals surface area (Å²) in [5.41, 5.74) is 3.11. The van der Waals surface area contributed by atoms with Crippen molar-refractivity contribution in [3.63, 3.8) is 0 Å². The van der Waals surface area contributed by atoms with E-state index in [4.69, 9.17) is 4.42 Å². The maximum Gasteiger partial charge on any atom is 0.203 e. The second kappa shape index (κ2) is 7.75. The van der Waals surface area contributed by atoms with Crippen LogP contribution in [0.4, 0.5) is 0 Å². The van der Waals surface area contributed by atoms with Crippen LogP contribution in [0.3, 0.4) is 0 Å². The minimum absolute atomic E-state index is 0.0967. The van der Waals surface area contributed by atoms with Crippen molar-refractivity contribution < 1.29 is 9.52 Å². The van der Waals surface area contributed by atoms with E-state index in [1.807, 2.05) is 31.2 Å². The predicted octanol–water partition coefficient (Wildman–Crippen LogP) is 4.14. The van der Waals surface area contributed by atoms with Gasteiger partial charge in [0.15, 0.2) is 0 Å². The molecule has 2 aromatic heterocycles. The number of benzene rings is 2. The molecule has 0 unspecified atom stereocenters. The molecule has 0 bridgehead atoms. The zero-order valence-corrected chi connectivity index (χ0v) is 18.8. The van der Waals surface area contributed by atoms with Gasteiger partial charge in [0.25, 0.3) is 0 Å². The number of hydrogen-bond acceptors (Lipinski definition) is 7. The zero-order valence-electron chi connectivity index (χ0n) is 17.9. The summed E-state index contributed by atoms with van der Waals surface area (Å²) in [5, 5.41) is 12.0. The van der Waals surface area contributed by atoms with Gasteiger partial charge in [0.1, 0.15) is 22.1 Å². The van der Waals surface area contributed by atoms with E-state index >= 15 is 0 Å². The quantitative estimate of drug-likeness (QED) is 0.522. The van der Waals surface area contributed by atoms with E-state index < -0.39 is 0 Å². The Morgan fingerprint density at radius 3 is 2.65 bits per heavy atom. The topological polar surface area (TPSA) is 69.8 Å². The van der Waals surface area contributed by atoms with Crippen molar-refractivity contribution in [3.8, 4) is 16.3 Å². The van der Waals surface area contributed by atoms with Crippen molar-refractivity contribution >= 4 is 32.5 Å². The number of para-hydroxylation sites is 1. The summed E-state index contributed by atoms with van der Waals surface area (Å²) < 4.78 is 7.12. The number of nitrogens with zero attached hydrogens (tertiary/aromatic N) is 3. The van der Waals surface area contributed by atoms with Crippen molar-refractivity contribution in [2.24, 2.45) is 0 Å². The predicted molar refractivity (Wildman–Crippen MR) is 125 cm³/mol. The lowest BCUT2D eigenvalue weighted by Gasteiger charge is -2.32. The summed E-state index contributed by atoms with van der Waals surface area (Å²) in [6.45, 7) is 8.08. The van der Waals surface area contributed by atoms with Crippen LogP contribution in [0.1, 0.15) is 16.9 Å². The van der Waals surface area contributed by atoms with Gasteiger partial charge < -0.3 is 14.4 Å². The molecule has 4 aromatic rings. The van der Waals surface area contributed by atoms with Gasteiger partial charge in [-0.3, -0.25) is 9.69 Å². The highest BCUT2D eigenvalue weighted by Gasteiger charge is 2.22. The molecule has 1 saturated heterocycles. The van der Waals surface area contributed by atoms with E-state index in [9.17, 15) is 9.90 Å². The average molecular weight is 436 g/mol. The lowest BCUT2D eigenvalue weighted by atomic mass is 10.0. The molecule has 0 spiro atoms. The molecule has 0 radical (unpaired) electrons. The van der Waals surface area contributed by atoms with Gasteiger partial charge in [0.2, 0.25) is 5.43 Å². The Morgan fingerprint density at radius 1 is 1.16 bits per heavy atom. The van der Waals surface area contributed by atoms with Crippen LogP contribution < -0.4 is 5.43 Å². The highest BCUT2D eigenvalue weighted by atomic mass is 32.1. The molecule has 0 atom stereocenters. The van der Waals surface area contributed by atoms with E-state index in [1.165, 1.54) is 11.3 Å². The monoisotopic (exact) mass is 435 g/mol. The molecule has 3 heterocycles. The van der Waals surface area contributed by atoms with Crippen LogP contribution in [0.5, 0.6) is 5.75 Å². The number of aryl methyl sites for hydroxylation is 2. The van der Waals surface area contributed by atoms with Crippen molar-refractivity contribution in [2.45, 2.75) is 20.4 Å². The third-order valence-electron chi connectivity index (χ3n) is 6.14. The fourth-order valence-electron chi connectivity index (χ4n) is 4.25. The lowest BCUT2D eigenvalue weighted by molar-refractivity contribution is 0.147.